The Bertz CT molecular complexity index is 581. The van der Waals surface area contributed by atoms with E-state index < -0.39 is 23.0 Å². The molecule has 0 amide bonds. The third kappa shape index (κ3) is 2.40. The highest BCUT2D eigenvalue weighted by atomic mass is 32.2. The number of esters is 2. The van der Waals surface area contributed by atoms with E-state index in [4.69, 9.17) is 15.2 Å². The van der Waals surface area contributed by atoms with Gasteiger partial charge in [0.05, 0.1) is 28.7 Å². The predicted molar refractivity (Wildman–Crippen MR) is 75.3 cm³/mol. The summed E-state index contributed by atoms with van der Waals surface area (Å²) in [5.41, 5.74) is 6.16. The van der Waals surface area contributed by atoms with Crippen LogP contribution in [0.25, 0.3) is 0 Å². The van der Waals surface area contributed by atoms with E-state index in [1.54, 1.807) is 13.8 Å². The number of hydrogen-bond acceptors (Lipinski definition) is 8. The summed E-state index contributed by atoms with van der Waals surface area (Å²) in [6, 6.07) is 0. The van der Waals surface area contributed by atoms with Crippen molar-refractivity contribution in [3.05, 3.63) is 10.4 Å². The number of ketones is 1. The van der Waals surface area contributed by atoms with E-state index in [0.717, 1.165) is 23.1 Å². The van der Waals surface area contributed by atoms with Crippen LogP contribution in [-0.4, -0.2) is 36.2 Å². The zero-order valence-electron chi connectivity index (χ0n) is 10.9. The van der Waals surface area contributed by atoms with Crippen molar-refractivity contribution in [2.24, 2.45) is 0 Å². The molecule has 0 aromatic carbocycles. The van der Waals surface area contributed by atoms with Crippen LogP contribution in [0, 0.1) is 0 Å². The van der Waals surface area contributed by atoms with Gasteiger partial charge in [0.15, 0.2) is 11.0 Å². The normalized spacial score (nSPS) is 16.9. The molecule has 2 heterocycles. The fourth-order valence-electron chi connectivity index (χ4n) is 1.75. The van der Waals surface area contributed by atoms with Crippen molar-refractivity contribution >= 4 is 46.5 Å². The maximum absolute atomic E-state index is 12.2. The molecule has 0 fully saturated rings. The molecule has 0 bridgehead atoms. The summed E-state index contributed by atoms with van der Waals surface area (Å²) < 4.78 is 10.3. The largest absolute Gasteiger partial charge is 0.465 e. The van der Waals surface area contributed by atoms with Crippen LogP contribution in [0.3, 0.4) is 0 Å². The zero-order chi connectivity index (χ0) is 14.9. The fraction of sp³-hybridized carbons (Fsp3) is 0.417. The Morgan fingerprint density at radius 1 is 1.25 bits per heavy atom. The van der Waals surface area contributed by atoms with Gasteiger partial charge in [-0.15, -0.1) is 11.3 Å². The van der Waals surface area contributed by atoms with Crippen molar-refractivity contribution in [1.82, 2.24) is 0 Å². The highest BCUT2D eigenvalue weighted by Crippen LogP contribution is 2.47. The minimum absolute atomic E-state index is 0.0905. The molecule has 8 heteroatoms. The lowest BCUT2D eigenvalue weighted by Gasteiger charge is -2.07. The Labute approximate surface area is 123 Å². The number of hydrogen-bond donors (Lipinski definition) is 1. The summed E-state index contributed by atoms with van der Waals surface area (Å²) >= 11 is 2.14. The predicted octanol–water partition coefficient (Wildman–Crippen LogP) is 1.73. The second-order valence-electron chi connectivity index (χ2n) is 3.84. The first-order valence-corrected chi connectivity index (χ1v) is 7.67. The highest BCUT2D eigenvalue weighted by molar-refractivity contribution is 8.03. The lowest BCUT2D eigenvalue weighted by Crippen LogP contribution is -2.26. The van der Waals surface area contributed by atoms with Gasteiger partial charge < -0.3 is 15.2 Å². The summed E-state index contributed by atoms with van der Waals surface area (Å²) in [5, 5.41) is -0.922. The first-order chi connectivity index (χ1) is 9.51. The molecule has 1 atom stereocenters. The van der Waals surface area contributed by atoms with Gasteiger partial charge in [0.25, 0.3) is 0 Å². The van der Waals surface area contributed by atoms with E-state index in [0.29, 0.717) is 4.21 Å². The molecule has 1 unspecified atom stereocenters. The third-order valence-corrected chi connectivity index (χ3v) is 5.16. The molecule has 0 spiro atoms. The van der Waals surface area contributed by atoms with E-state index in [9.17, 15) is 14.4 Å². The average Bonchev–Trinajstić information content (AvgIpc) is 2.89. The van der Waals surface area contributed by atoms with Gasteiger partial charge in [-0.2, -0.15) is 0 Å². The second-order valence-corrected chi connectivity index (χ2v) is 6.24. The van der Waals surface area contributed by atoms with Gasteiger partial charge in [-0.05, 0) is 13.8 Å². The molecule has 2 N–H and O–H groups in total. The van der Waals surface area contributed by atoms with Crippen LogP contribution in [0.4, 0.5) is 5.69 Å². The van der Waals surface area contributed by atoms with Crippen LogP contribution in [0.2, 0.25) is 0 Å². The average molecular weight is 315 g/mol. The molecule has 108 valence electrons. The fourth-order valence-corrected chi connectivity index (χ4v) is 4.27. The Morgan fingerprint density at radius 2 is 1.90 bits per heavy atom. The lowest BCUT2D eigenvalue weighted by atomic mass is 10.1. The summed E-state index contributed by atoms with van der Waals surface area (Å²) in [7, 11) is 0. The van der Waals surface area contributed by atoms with Crippen molar-refractivity contribution in [2.45, 2.75) is 23.3 Å². The van der Waals surface area contributed by atoms with Crippen molar-refractivity contribution in [3.8, 4) is 0 Å². The summed E-state index contributed by atoms with van der Waals surface area (Å²) in [6.07, 6.45) is 0. The molecule has 2 rings (SSSR count). The minimum Gasteiger partial charge on any atom is -0.465 e. The van der Waals surface area contributed by atoms with Crippen LogP contribution in [0.1, 0.15) is 33.9 Å². The number of carbonyl (C=O) groups is 3. The quantitative estimate of drug-likeness (QED) is 0.667. The lowest BCUT2D eigenvalue weighted by molar-refractivity contribution is -0.141. The topological polar surface area (TPSA) is 95.7 Å². The number of thioether (sulfide) groups is 1. The molecule has 0 saturated heterocycles. The van der Waals surface area contributed by atoms with Crippen molar-refractivity contribution < 1.29 is 23.9 Å². The van der Waals surface area contributed by atoms with Crippen molar-refractivity contribution in [3.63, 3.8) is 0 Å². The van der Waals surface area contributed by atoms with E-state index in [-0.39, 0.29) is 29.3 Å². The number of fused-ring (bicyclic) bond motifs is 1. The molecule has 6 nitrogen and oxygen atoms in total. The number of rotatable bonds is 4. The van der Waals surface area contributed by atoms with Crippen LogP contribution >= 0.6 is 23.1 Å². The molecule has 1 aliphatic rings. The van der Waals surface area contributed by atoms with Crippen LogP contribution < -0.4 is 5.73 Å². The Morgan fingerprint density at radius 3 is 2.45 bits per heavy atom. The number of anilines is 1. The Balaban J connectivity index is 2.28. The molecular formula is C12H13NO5S2. The van der Waals surface area contributed by atoms with Gasteiger partial charge >= 0.3 is 11.9 Å². The second kappa shape index (κ2) is 5.84. The number of thiophene rings is 1. The number of nitrogen functional groups attached to an aromatic ring is 1. The number of ether oxygens (including phenoxy) is 2. The van der Waals surface area contributed by atoms with Crippen molar-refractivity contribution in [1.29, 1.82) is 0 Å². The first kappa shape index (κ1) is 14.9. The standard InChI is InChI=1S/C12H13NO5S2/c1-3-17-10(15)8-6(13)5-7(14)9(11(16)18-4-2)20-12(5)19-8/h9H,3-4,13H2,1-2H3. The van der Waals surface area contributed by atoms with Gasteiger partial charge in [-0.25, -0.2) is 4.79 Å². The Hall–Kier alpha value is -1.54. The molecule has 1 aliphatic heterocycles. The summed E-state index contributed by atoms with van der Waals surface area (Å²) in [4.78, 5) is 35.7. The van der Waals surface area contributed by atoms with E-state index in [2.05, 4.69) is 0 Å². The molecule has 0 aliphatic carbocycles. The highest BCUT2D eigenvalue weighted by Gasteiger charge is 2.42. The monoisotopic (exact) mass is 315 g/mol. The van der Waals surface area contributed by atoms with Crippen LogP contribution in [0.5, 0.6) is 0 Å². The molecular weight excluding hydrogens is 302 g/mol. The maximum Gasteiger partial charge on any atom is 0.350 e. The van der Waals surface area contributed by atoms with Gasteiger partial charge in [-0.3, -0.25) is 9.59 Å². The molecule has 0 saturated carbocycles. The summed E-state index contributed by atoms with van der Waals surface area (Å²) in [5.74, 6) is -1.54. The van der Waals surface area contributed by atoms with E-state index >= 15 is 0 Å². The third-order valence-electron chi connectivity index (χ3n) is 2.58. The maximum atomic E-state index is 12.2. The number of nitrogens with two attached hydrogens (primary N) is 1. The van der Waals surface area contributed by atoms with Crippen molar-refractivity contribution in [2.75, 3.05) is 18.9 Å². The molecule has 1 aromatic heterocycles. The Kier molecular flexibility index (Phi) is 4.34. The number of carbonyl (C=O) groups excluding carboxylic acids is 3. The smallest absolute Gasteiger partial charge is 0.350 e. The van der Waals surface area contributed by atoms with E-state index in [1.165, 1.54) is 0 Å². The number of Topliss-reactive ketones (excluding diaryl/α,β-unsaturated/α-hetero) is 1. The van der Waals surface area contributed by atoms with Crippen LogP contribution in [-0.2, 0) is 14.3 Å². The SMILES string of the molecule is CCOC(=O)c1sc2c(c1N)C(=O)C(C(=O)OCC)S2. The van der Waals surface area contributed by atoms with E-state index in [1.807, 2.05) is 0 Å². The van der Waals surface area contributed by atoms with Gasteiger partial charge in [0.1, 0.15) is 4.88 Å². The minimum atomic E-state index is -0.922. The molecule has 20 heavy (non-hydrogen) atoms. The van der Waals surface area contributed by atoms with Gasteiger partial charge in [-0.1, -0.05) is 11.8 Å². The summed E-state index contributed by atoms with van der Waals surface area (Å²) in [6.45, 7) is 3.80. The first-order valence-electron chi connectivity index (χ1n) is 5.98. The molecule has 0 radical (unpaired) electrons. The van der Waals surface area contributed by atoms with Gasteiger partial charge in [0.2, 0.25) is 0 Å². The molecule has 1 aromatic rings. The zero-order valence-corrected chi connectivity index (χ0v) is 12.6. The van der Waals surface area contributed by atoms with Crippen LogP contribution in [0.15, 0.2) is 4.21 Å². The van der Waals surface area contributed by atoms with Gasteiger partial charge in [0, 0.05) is 0 Å².